The Morgan fingerprint density at radius 3 is 2.26 bits per heavy atom. The van der Waals surface area contributed by atoms with Crippen LogP contribution in [0.15, 0.2) is 30.3 Å². The van der Waals surface area contributed by atoms with Crippen molar-refractivity contribution in [2.45, 2.75) is 62.8 Å². The highest BCUT2D eigenvalue weighted by atomic mass is 16.2. The molecule has 2 aliphatic rings. The van der Waals surface area contributed by atoms with Gasteiger partial charge in [-0.3, -0.25) is 4.79 Å². The van der Waals surface area contributed by atoms with E-state index in [0.717, 1.165) is 25.7 Å². The van der Waals surface area contributed by atoms with Crippen LogP contribution in [0.3, 0.4) is 0 Å². The minimum absolute atomic E-state index is 0.224. The first-order valence-electron chi connectivity index (χ1n) is 7.68. The molecule has 0 atom stereocenters. The van der Waals surface area contributed by atoms with E-state index in [4.69, 9.17) is 0 Å². The lowest BCUT2D eigenvalue weighted by Gasteiger charge is -2.42. The summed E-state index contributed by atoms with van der Waals surface area (Å²) in [5.74, 6) is 0.275. The molecule has 2 nitrogen and oxygen atoms in total. The van der Waals surface area contributed by atoms with E-state index in [1.165, 1.54) is 31.2 Å². The zero-order chi connectivity index (χ0) is 13.1. The Kier molecular flexibility index (Phi) is 3.58. The fourth-order valence-electron chi connectivity index (χ4n) is 3.50. The molecule has 0 aliphatic heterocycles. The Morgan fingerprint density at radius 2 is 1.68 bits per heavy atom. The molecule has 102 valence electrons. The standard InChI is InChI=1S/C17H23NO/c19-16(18-15-10-5-2-6-11-15)17(12-7-13-17)14-8-3-1-4-9-14/h1,3-4,8-9,15H,2,5-7,10-13H2,(H,18,19). The minimum atomic E-state index is -0.224. The summed E-state index contributed by atoms with van der Waals surface area (Å²) < 4.78 is 0. The van der Waals surface area contributed by atoms with E-state index in [2.05, 4.69) is 17.4 Å². The predicted molar refractivity (Wildman–Crippen MR) is 77.0 cm³/mol. The SMILES string of the molecule is O=C(NC1CCCCC1)C1(c2ccccc2)CCC1. The van der Waals surface area contributed by atoms with Crippen LogP contribution < -0.4 is 5.32 Å². The van der Waals surface area contributed by atoms with Crippen molar-refractivity contribution >= 4 is 5.91 Å². The van der Waals surface area contributed by atoms with Gasteiger partial charge >= 0.3 is 0 Å². The molecule has 0 unspecified atom stereocenters. The van der Waals surface area contributed by atoms with E-state index < -0.39 is 0 Å². The van der Waals surface area contributed by atoms with Crippen LogP contribution in [0.1, 0.15) is 56.9 Å². The second-order valence-corrected chi connectivity index (χ2v) is 6.11. The maximum atomic E-state index is 12.7. The third kappa shape index (κ3) is 2.41. The first kappa shape index (κ1) is 12.7. The van der Waals surface area contributed by atoms with E-state index in [-0.39, 0.29) is 11.3 Å². The van der Waals surface area contributed by atoms with Gasteiger partial charge in [0.2, 0.25) is 5.91 Å². The lowest BCUT2D eigenvalue weighted by molar-refractivity contribution is -0.130. The number of carbonyl (C=O) groups excluding carboxylic acids is 1. The first-order chi connectivity index (χ1) is 9.31. The normalized spacial score (nSPS) is 22.5. The van der Waals surface area contributed by atoms with Gasteiger partial charge in [-0.2, -0.15) is 0 Å². The minimum Gasteiger partial charge on any atom is -0.353 e. The number of hydrogen-bond donors (Lipinski definition) is 1. The van der Waals surface area contributed by atoms with Crippen LogP contribution in [0.4, 0.5) is 0 Å². The van der Waals surface area contributed by atoms with Gasteiger partial charge in [0.05, 0.1) is 5.41 Å². The van der Waals surface area contributed by atoms with Crippen LogP contribution in [0.5, 0.6) is 0 Å². The molecule has 0 saturated heterocycles. The average Bonchev–Trinajstić information content (AvgIpc) is 2.40. The lowest BCUT2D eigenvalue weighted by atomic mass is 9.63. The molecule has 2 aliphatic carbocycles. The summed E-state index contributed by atoms with van der Waals surface area (Å²) in [5, 5.41) is 3.32. The number of benzene rings is 1. The highest BCUT2D eigenvalue weighted by Gasteiger charge is 2.45. The van der Waals surface area contributed by atoms with Crippen molar-refractivity contribution in [2.24, 2.45) is 0 Å². The van der Waals surface area contributed by atoms with Crippen LogP contribution in [-0.2, 0) is 10.2 Å². The summed E-state index contributed by atoms with van der Waals surface area (Å²) in [5.41, 5.74) is 0.980. The number of amides is 1. The molecule has 0 radical (unpaired) electrons. The summed E-state index contributed by atoms with van der Waals surface area (Å²) in [7, 11) is 0. The van der Waals surface area contributed by atoms with Gasteiger partial charge < -0.3 is 5.32 Å². The van der Waals surface area contributed by atoms with Crippen LogP contribution in [-0.4, -0.2) is 11.9 Å². The molecule has 19 heavy (non-hydrogen) atoms. The molecule has 0 heterocycles. The largest absolute Gasteiger partial charge is 0.353 e. The van der Waals surface area contributed by atoms with E-state index in [1.54, 1.807) is 0 Å². The van der Waals surface area contributed by atoms with Gasteiger partial charge in [-0.1, -0.05) is 56.0 Å². The van der Waals surface area contributed by atoms with Gasteiger partial charge in [0.1, 0.15) is 0 Å². The van der Waals surface area contributed by atoms with E-state index in [0.29, 0.717) is 6.04 Å². The third-order valence-corrected chi connectivity index (χ3v) is 4.91. The van der Waals surface area contributed by atoms with Crippen LogP contribution in [0, 0.1) is 0 Å². The number of nitrogens with one attached hydrogen (secondary N) is 1. The van der Waals surface area contributed by atoms with Gasteiger partial charge in [-0.05, 0) is 31.2 Å². The molecule has 0 spiro atoms. The smallest absolute Gasteiger partial charge is 0.230 e. The molecule has 2 fully saturated rings. The monoisotopic (exact) mass is 257 g/mol. The average molecular weight is 257 g/mol. The van der Waals surface area contributed by atoms with Gasteiger partial charge in [0.15, 0.2) is 0 Å². The number of carbonyl (C=O) groups is 1. The number of rotatable bonds is 3. The predicted octanol–water partition coefficient (Wildman–Crippen LogP) is 3.56. The van der Waals surface area contributed by atoms with Crippen molar-refractivity contribution in [2.75, 3.05) is 0 Å². The molecular formula is C17H23NO. The second-order valence-electron chi connectivity index (χ2n) is 6.11. The van der Waals surface area contributed by atoms with Gasteiger partial charge in [-0.25, -0.2) is 0 Å². The van der Waals surface area contributed by atoms with Crippen LogP contribution in [0.2, 0.25) is 0 Å². The topological polar surface area (TPSA) is 29.1 Å². The quantitative estimate of drug-likeness (QED) is 0.881. The Bertz CT molecular complexity index is 430. The van der Waals surface area contributed by atoms with E-state index >= 15 is 0 Å². The Hall–Kier alpha value is -1.31. The van der Waals surface area contributed by atoms with Gasteiger partial charge in [-0.15, -0.1) is 0 Å². The summed E-state index contributed by atoms with van der Waals surface area (Å²) in [6, 6.07) is 10.8. The molecule has 1 aromatic rings. The molecule has 1 amide bonds. The van der Waals surface area contributed by atoms with E-state index in [9.17, 15) is 4.79 Å². The fourth-order valence-corrected chi connectivity index (χ4v) is 3.50. The molecule has 1 aromatic carbocycles. The van der Waals surface area contributed by atoms with Crippen molar-refractivity contribution in [1.82, 2.24) is 5.32 Å². The van der Waals surface area contributed by atoms with Crippen LogP contribution in [0.25, 0.3) is 0 Å². The molecule has 2 heteroatoms. The molecule has 3 rings (SSSR count). The lowest BCUT2D eigenvalue weighted by Crippen LogP contribution is -2.52. The maximum absolute atomic E-state index is 12.7. The number of hydrogen-bond acceptors (Lipinski definition) is 1. The third-order valence-electron chi connectivity index (χ3n) is 4.91. The highest BCUT2D eigenvalue weighted by molar-refractivity contribution is 5.89. The first-order valence-corrected chi connectivity index (χ1v) is 7.68. The van der Waals surface area contributed by atoms with Crippen molar-refractivity contribution in [3.05, 3.63) is 35.9 Å². The highest BCUT2D eigenvalue weighted by Crippen LogP contribution is 2.44. The summed E-state index contributed by atoms with van der Waals surface area (Å²) >= 11 is 0. The second kappa shape index (κ2) is 5.36. The van der Waals surface area contributed by atoms with Gasteiger partial charge in [0.25, 0.3) is 0 Å². The fraction of sp³-hybridized carbons (Fsp3) is 0.588. The summed E-state index contributed by atoms with van der Waals surface area (Å²) in [6.45, 7) is 0. The molecule has 2 saturated carbocycles. The maximum Gasteiger partial charge on any atom is 0.230 e. The molecule has 0 bridgehead atoms. The van der Waals surface area contributed by atoms with Crippen molar-refractivity contribution in [3.8, 4) is 0 Å². The molecule has 1 N–H and O–H groups in total. The Balaban J connectivity index is 1.73. The molecular weight excluding hydrogens is 234 g/mol. The summed E-state index contributed by atoms with van der Waals surface area (Å²) in [6.07, 6.45) is 9.38. The van der Waals surface area contributed by atoms with E-state index in [1.807, 2.05) is 18.2 Å². The summed E-state index contributed by atoms with van der Waals surface area (Å²) in [4.78, 5) is 12.7. The molecule has 0 aromatic heterocycles. The van der Waals surface area contributed by atoms with Crippen molar-refractivity contribution in [1.29, 1.82) is 0 Å². The zero-order valence-corrected chi connectivity index (χ0v) is 11.5. The zero-order valence-electron chi connectivity index (χ0n) is 11.5. The Morgan fingerprint density at radius 1 is 1.00 bits per heavy atom. The van der Waals surface area contributed by atoms with Gasteiger partial charge in [0, 0.05) is 6.04 Å². The van der Waals surface area contributed by atoms with Crippen molar-refractivity contribution < 1.29 is 4.79 Å². The van der Waals surface area contributed by atoms with Crippen molar-refractivity contribution in [3.63, 3.8) is 0 Å². The van der Waals surface area contributed by atoms with Crippen LogP contribution >= 0.6 is 0 Å². The Labute approximate surface area is 115 Å².